The third-order valence-electron chi connectivity index (χ3n) is 4.14. The van der Waals surface area contributed by atoms with Gasteiger partial charge in [0.1, 0.15) is 5.82 Å². The van der Waals surface area contributed by atoms with E-state index in [0.717, 1.165) is 5.56 Å². The molecule has 0 saturated carbocycles. The summed E-state index contributed by atoms with van der Waals surface area (Å²) in [6.45, 7) is 1.85. The number of carbonyl (C=O) groups is 2. The van der Waals surface area contributed by atoms with Crippen LogP contribution < -0.4 is 4.90 Å². The number of nitrogens with zero attached hydrogens (tertiary/aromatic N) is 3. The molecule has 0 aliphatic carbocycles. The van der Waals surface area contributed by atoms with Gasteiger partial charge in [-0.3, -0.25) is 14.5 Å². The summed E-state index contributed by atoms with van der Waals surface area (Å²) >= 11 is 1.20. The molecule has 2 aromatic carbocycles. The summed E-state index contributed by atoms with van der Waals surface area (Å²) in [6, 6.07) is 15.7. The lowest BCUT2D eigenvalue weighted by atomic mass is 10.2. The Bertz CT molecular complexity index is 1030. The van der Waals surface area contributed by atoms with Crippen molar-refractivity contribution in [1.29, 1.82) is 0 Å². The summed E-state index contributed by atoms with van der Waals surface area (Å²) < 4.78 is 14.1. The standard InChI is InChI=1S/C22H20FN3O2S/c1-16(27)26(20-11-7-6-10-19(20)23)22-24-18(15-29-22)12-13-21(28)25(2)14-17-8-4-3-5-9-17/h3-13,15H,14H2,1-2H3/b13-12+. The van der Waals surface area contributed by atoms with Crippen LogP contribution in [0, 0.1) is 5.82 Å². The average Bonchev–Trinajstić information content (AvgIpc) is 3.16. The number of amides is 2. The van der Waals surface area contributed by atoms with Crippen LogP contribution in [-0.4, -0.2) is 28.7 Å². The van der Waals surface area contributed by atoms with Crippen molar-refractivity contribution in [2.45, 2.75) is 13.5 Å². The van der Waals surface area contributed by atoms with Crippen LogP contribution in [0.1, 0.15) is 18.2 Å². The van der Waals surface area contributed by atoms with Gasteiger partial charge < -0.3 is 4.90 Å². The van der Waals surface area contributed by atoms with Crippen LogP contribution in [0.3, 0.4) is 0 Å². The van der Waals surface area contributed by atoms with Crippen molar-refractivity contribution in [2.24, 2.45) is 0 Å². The van der Waals surface area contributed by atoms with E-state index in [1.54, 1.807) is 35.5 Å². The predicted molar refractivity (Wildman–Crippen MR) is 113 cm³/mol. The van der Waals surface area contributed by atoms with Gasteiger partial charge in [-0.2, -0.15) is 0 Å². The number of carbonyl (C=O) groups excluding carboxylic acids is 2. The number of aromatic nitrogens is 1. The lowest BCUT2D eigenvalue weighted by Gasteiger charge is -2.18. The molecular weight excluding hydrogens is 389 g/mol. The zero-order valence-corrected chi connectivity index (χ0v) is 16.9. The maximum atomic E-state index is 14.1. The Kier molecular flexibility index (Phi) is 6.51. The summed E-state index contributed by atoms with van der Waals surface area (Å²) in [4.78, 5) is 31.6. The molecule has 3 aromatic rings. The van der Waals surface area contributed by atoms with Gasteiger partial charge in [-0.15, -0.1) is 11.3 Å². The van der Waals surface area contributed by atoms with E-state index < -0.39 is 5.82 Å². The SMILES string of the molecule is CC(=O)N(c1nc(/C=C/C(=O)N(C)Cc2ccccc2)cs1)c1ccccc1F. The fourth-order valence-electron chi connectivity index (χ4n) is 2.72. The predicted octanol–water partition coefficient (Wildman–Crippen LogP) is 4.64. The van der Waals surface area contributed by atoms with Crippen LogP contribution in [0.5, 0.6) is 0 Å². The highest BCUT2D eigenvalue weighted by atomic mass is 32.1. The van der Waals surface area contributed by atoms with Crippen LogP contribution in [0.4, 0.5) is 15.2 Å². The third kappa shape index (κ3) is 5.14. The van der Waals surface area contributed by atoms with Gasteiger partial charge in [0.25, 0.3) is 0 Å². The van der Waals surface area contributed by atoms with Gasteiger partial charge in [0, 0.05) is 32.0 Å². The van der Waals surface area contributed by atoms with Crippen LogP contribution in [0.2, 0.25) is 0 Å². The topological polar surface area (TPSA) is 53.5 Å². The van der Waals surface area contributed by atoms with Gasteiger partial charge >= 0.3 is 0 Å². The second kappa shape index (κ2) is 9.25. The Morgan fingerprint density at radius 1 is 1.10 bits per heavy atom. The Labute approximate surface area is 172 Å². The Balaban J connectivity index is 1.72. The van der Waals surface area contributed by atoms with E-state index in [1.807, 2.05) is 30.3 Å². The largest absolute Gasteiger partial charge is 0.338 e. The minimum absolute atomic E-state index is 0.142. The molecule has 0 aliphatic rings. The smallest absolute Gasteiger partial charge is 0.246 e. The second-order valence-corrected chi connectivity index (χ2v) is 7.21. The van der Waals surface area contributed by atoms with Crippen molar-refractivity contribution in [2.75, 3.05) is 11.9 Å². The summed E-state index contributed by atoms with van der Waals surface area (Å²) in [7, 11) is 1.72. The number of likely N-dealkylation sites (N-methyl/N-ethyl adjacent to an activating group) is 1. The van der Waals surface area contributed by atoms with E-state index in [9.17, 15) is 14.0 Å². The Morgan fingerprint density at radius 2 is 1.79 bits per heavy atom. The summed E-state index contributed by atoms with van der Waals surface area (Å²) in [5.41, 5.74) is 1.70. The van der Waals surface area contributed by atoms with E-state index in [2.05, 4.69) is 4.98 Å². The number of hydrogen-bond acceptors (Lipinski definition) is 4. The quantitative estimate of drug-likeness (QED) is 0.558. The first-order valence-corrected chi connectivity index (χ1v) is 9.81. The molecule has 7 heteroatoms. The number of benzene rings is 2. The van der Waals surface area contributed by atoms with Crippen LogP contribution in [0.15, 0.2) is 66.1 Å². The molecule has 0 atom stereocenters. The van der Waals surface area contributed by atoms with Crippen molar-refractivity contribution in [3.05, 3.63) is 83.1 Å². The van der Waals surface area contributed by atoms with Crippen molar-refractivity contribution >= 4 is 40.0 Å². The van der Waals surface area contributed by atoms with Crippen molar-refractivity contribution in [3.63, 3.8) is 0 Å². The lowest BCUT2D eigenvalue weighted by molar-refractivity contribution is -0.125. The van der Waals surface area contributed by atoms with Gasteiger partial charge in [-0.25, -0.2) is 9.37 Å². The summed E-state index contributed by atoms with van der Waals surface area (Å²) in [6.07, 6.45) is 3.02. The molecule has 1 aromatic heterocycles. The van der Waals surface area contributed by atoms with Gasteiger partial charge in [0.2, 0.25) is 11.8 Å². The molecule has 0 saturated heterocycles. The van der Waals surface area contributed by atoms with Crippen molar-refractivity contribution < 1.29 is 14.0 Å². The van der Waals surface area contributed by atoms with Gasteiger partial charge in [0.05, 0.1) is 11.4 Å². The number of rotatable bonds is 6. The van der Waals surface area contributed by atoms with Gasteiger partial charge in [0.15, 0.2) is 5.13 Å². The molecule has 3 rings (SSSR count). The molecule has 0 fully saturated rings. The molecule has 0 bridgehead atoms. The molecule has 0 radical (unpaired) electrons. The summed E-state index contributed by atoms with van der Waals surface area (Å²) in [5.74, 6) is -1.02. The van der Waals surface area contributed by atoms with Crippen LogP contribution in [0.25, 0.3) is 6.08 Å². The highest BCUT2D eigenvalue weighted by Gasteiger charge is 2.20. The molecule has 2 amide bonds. The lowest BCUT2D eigenvalue weighted by Crippen LogP contribution is -2.24. The molecule has 0 aliphatic heterocycles. The summed E-state index contributed by atoms with van der Waals surface area (Å²) in [5, 5.41) is 2.06. The first kappa shape index (κ1) is 20.4. The third-order valence-corrected chi connectivity index (χ3v) is 4.99. The fourth-order valence-corrected chi connectivity index (χ4v) is 3.56. The van der Waals surface area contributed by atoms with Gasteiger partial charge in [-0.1, -0.05) is 42.5 Å². The van der Waals surface area contributed by atoms with E-state index in [0.29, 0.717) is 17.4 Å². The van der Waals surface area contributed by atoms with E-state index in [1.165, 1.54) is 41.4 Å². The maximum Gasteiger partial charge on any atom is 0.246 e. The minimum Gasteiger partial charge on any atom is -0.338 e. The van der Waals surface area contributed by atoms with E-state index in [4.69, 9.17) is 0 Å². The molecule has 29 heavy (non-hydrogen) atoms. The monoisotopic (exact) mass is 409 g/mol. The highest BCUT2D eigenvalue weighted by Crippen LogP contribution is 2.30. The number of halogens is 1. The van der Waals surface area contributed by atoms with Gasteiger partial charge in [-0.05, 0) is 23.8 Å². The number of anilines is 2. The Morgan fingerprint density at radius 3 is 2.48 bits per heavy atom. The molecule has 0 spiro atoms. The number of thiazole rings is 1. The maximum absolute atomic E-state index is 14.1. The second-order valence-electron chi connectivity index (χ2n) is 6.37. The molecular formula is C22H20FN3O2S. The fraction of sp³-hybridized carbons (Fsp3) is 0.136. The zero-order valence-electron chi connectivity index (χ0n) is 16.1. The zero-order chi connectivity index (χ0) is 20.8. The molecule has 148 valence electrons. The van der Waals surface area contributed by atoms with E-state index >= 15 is 0 Å². The molecule has 0 N–H and O–H groups in total. The number of hydrogen-bond donors (Lipinski definition) is 0. The average molecular weight is 409 g/mol. The van der Waals surface area contributed by atoms with Crippen LogP contribution in [-0.2, 0) is 16.1 Å². The highest BCUT2D eigenvalue weighted by molar-refractivity contribution is 7.14. The molecule has 5 nitrogen and oxygen atoms in total. The molecule has 1 heterocycles. The first-order valence-electron chi connectivity index (χ1n) is 8.93. The number of para-hydroxylation sites is 1. The van der Waals surface area contributed by atoms with E-state index in [-0.39, 0.29) is 17.5 Å². The minimum atomic E-state index is -0.507. The van der Waals surface area contributed by atoms with Crippen molar-refractivity contribution in [1.82, 2.24) is 9.88 Å². The first-order chi connectivity index (χ1) is 14.0. The Hall–Kier alpha value is -3.32. The normalized spacial score (nSPS) is 10.9. The van der Waals surface area contributed by atoms with Crippen molar-refractivity contribution in [3.8, 4) is 0 Å². The molecule has 0 unspecified atom stereocenters. The van der Waals surface area contributed by atoms with Crippen LogP contribution >= 0.6 is 11.3 Å².